The molecule has 2 rings (SSSR count). The summed E-state index contributed by atoms with van der Waals surface area (Å²) in [6, 6.07) is 1.94. The Labute approximate surface area is 126 Å². The summed E-state index contributed by atoms with van der Waals surface area (Å²) in [4.78, 5) is 3.77. The highest BCUT2D eigenvalue weighted by atomic mass is 19.4. The van der Waals surface area contributed by atoms with Gasteiger partial charge >= 0.3 is 6.18 Å². The third-order valence-electron chi connectivity index (χ3n) is 2.68. The van der Waals surface area contributed by atoms with Gasteiger partial charge < -0.3 is 10.5 Å². The first-order valence-corrected chi connectivity index (χ1v) is 6.54. The fourth-order valence-electron chi connectivity index (χ4n) is 1.81. The number of aryl methyl sites for hydroxylation is 1. The van der Waals surface area contributed by atoms with Crippen molar-refractivity contribution in [3.05, 3.63) is 29.5 Å². The molecule has 1 aromatic heterocycles. The van der Waals surface area contributed by atoms with Gasteiger partial charge in [0.05, 0.1) is 18.9 Å². The third kappa shape index (κ3) is 3.84. The molecule has 0 aliphatic heterocycles. The van der Waals surface area contributed by atoms with Crippen LogP contribution in [0.5, 0.6) is 5.75 Å². The predicted octanol–water partition coefficient (Wildman–Crippen LogP) is 3.48. The Morgan fingerprint density at radius 3 is 2.23 bits per heavy atom. The lowest BCUT2D eigenvalue weighted by Gasteiger charge is -2.14. The Morgan fingerprint density at radius 2 is 1.77 bits per heavy atom. The average Bonchev–Trinajstić information content (AvgIpc) is 2.48. The fourth-order valence-corrected chi connectivity index (χ4v) is 1.81. The number of anilines is 1. The predicted molar refractivity (Wildman–Crippen MR) is 77.3 cm³/mol. The maximum absolute atomic E-state index is 12.8. The minimum absolute atomic E-state index is 0.0164. The van der Waals surface area contributed by atoms with Crippen molar-refractivity contribution in [2.75, 3.05) is 12.8 Å². The third-order valence-corrected chi connectivity index (χ3v) is 2.68. The Bertz CT molecular complexity index is 627. The molecular weight excluding hydrogens is 297 g/mol. The SMILES string of the molecule is CC.COc1cc(C(F)(F)F)cc(C)c1-c1cnc(N)nn1. The van der Waals surface area contributed by atoms with Crippen LogP contribution in [0.15, 0.2) is 18.3 Å². The molecule has 8 heteroatoms. The van der Waals surface area contributed by atoms with Crippen LogP contribution in [0.2, 0.25) is 0 Å². The number of aromatic nitrogens is 3. The molecule has 1 heterocycles. The highest BCUT2D eigenvalue weighted by molar-refractivity contribution is 5.71. The van der Waals surface area contributed by atoms with Gasteiger partial charge in [0.15, 0.2) is 0 Å². The zero-order valence-corrected chi connectivity index (χ0v) is 12.7. The number of methoxy groups -OCH3 is 1. The summed E-state index contributed by atoms with van der Waals surface area (Å²) in [5.41, 5.74) is 5.60. The monoisotopic (exact) mass is 314 g/mol. The molecule has 0 amide bonds. The summed E-state index contributed by atoms with van der Waals surface area (Å²) >= 11 is 0. The van der Waals surface area contributed by atoms with Crippen LogP contribution >= 0.6 is 0 Å². The van der Waals surface area contributed by atoms with Crippen LogP contribution in [0.3, 0.4) is 0 Å². The first-order valence-electron chi connectivity index (χ1n) is 6.54. The second-order valence-corrected chi connectivity index (χ2v) is 4.07. The van der Waals surface area contributed by atoms with E-state index in [9.17, 15) is 13.2 Å². The van der Waals surface area contributed by atoms with Crippen LogP contribution in [-0.4, -0.2) is 22.3 Å². The molecule has 0 bridgehead atoms. The number of alkyl halides is 3. The van der Waals surface area contributed by atoms with Crippen LogP contribution in [-0.2, 0) is 6.18 Å². The number of rotatable bonds is 2. The lowest BCUT2D eigenvalue weighted by molar-refractivity contribution is -0.137. The number of ether oxygens (including phenoxy) is 1. The van der Waals surface area contributed by atoms with E-state index in [-0.39, 0.29) is 11.7 Å². The molecule has 1 aromatic carbocycles. The van der Waals surface area contributed by atoms with Crippen molar-refractivity contribution >= 4 is 5.95 Å². The molecule has 120 valence electrons. The van der Waals surface area contributed by atoms with Crippen molar-refractivity contribution in [2.24, 2.45) is 0 Å². The summed E-state index contributed by atoms with van der Waals surface area (Å²) in [6.07, 6.45) is -3.11. The molecule has 0 fully saturated rings. The van der Waals surface area contributed by atoms with E-state index in [0.29, 0.717) is 16.8 Å². The lowest BCUT2D eigenvalue weighted by atomic mass is 10.0. The van der Waals surface area contributed by atoms with Gasteiger partial charge in [-0.3, -0.25) is 0 Å². The number of halogens is 3. The van der Waals surface area contributed by atoms with E-state index in [1.165, 1.54) is 20.2 Å². The first-order chi connectivity index (χ1) is 10.3. The Hall–Kier alpha value is -2.38. The Morgan fingerprint density at radius 1 is 1.14 bits per heavy atom. The molecule has 2 aromatic rings. The van der Waals surface area contributed by atoms with Crippen molar-refractivity contribution in [1.82, 2.24) is 15.2 Å². The molecule has 0 saturated carbocycles. The highest BCUT2D eigenvalue weighted by Gasteiger charge is 2.32. The summed E-state index contributed by atoms with van der Waals surface area (Å²) in [5, 5.41) is 7.39. The standard InChI is InChI=1S/C12H11F3N4O.C2H6/c1-6-3-7(12(13,14)15)4-9(20-2)10(6)8-5-17-11(16)19-18-8;1-2/h3-5H,1-2H3,(H2,16,17,19);1-2H3. The number of benzene rings is 1. The van der Waals surface area contributed by atoms with Crippen molar-refractivity contribution < 1.29 is 17.9 Å². The van der Waals surface area contributed by atoms with Crippen LogP contribution in [0.1, 0.15) is 25.0 Å². The van der Waals surface area contributed by atoms with E-state index in [1.807, 2.05) is 13.8 Å². The average molecular weight is 314 g/mol. The number of nitrogens with two attached hydrogens (primary N) is 1. The van der Waals surface area contributed by atoms with Gasteiger partial charge in [0.2, 0.25) is 5.95 Å². The molecule has 2 N–H and O–H groups in total. The molecule has 0 spiro atoms. The molecule has 0 unspecified atom stereocenters. The molecular formula is C14H17F3N4O. The van der Waals surface area contributed by atoms with E-state index < -0.39 is 11.7 Å². The largest absolute Gasteiger partial charge is 0.496 e. The zero-order chi connectivity index (χ0) is 16.9. The minimum Gasteiger partial charge on any atom is -0.496 e. The van der Waals surface area contributed by atoms with Crippen molar-refractivity contribution in [2.45, 2.75) is 26.9 Å². The van der Waals surface area contributed by atoms with E-state index in [2.05, 4.69) is 15.2 Å². The first kappa shape index (κ1) is 17.7. The minimum atomic E-state index is -4.44. The molecule has 0 saturated heterocycles. The second kappa shape index (κ2) is 7.06. The quantitative estimate of drug-likeness (QED) is 0.918. The molecule has 0 aliphatic rings. The Balaban J connectivity index is 0.00000116. The normalized spacial score (nSPS) is 10.7. The van der Waals surface area contributed by atoms with Crippen LogP contribution in [0.25, 0.3) is 11.3 Å². The maximum atomic E-state index is 12.8. The van der Waals surface area contributed by atoms with Crippen molar-refractivity contribution in [3.8, 4) is 17.0 Å². The fraction of sp³-hybridized carbons (Fsp3) is 0.357. The van der Waals surface area contributed by atoms with Gasteiger partial charge in [-0.2, -0.15) is 13.2 Å². The zero-order valence-electron chi connectivity index (χ0n) is 12.7. The maximum Gasteiger partial charge on any atom is 0.416 e. The number of nitrogens with zero attached hydrogens (tertiary/aromatic N) is 3. The van der Waals surface area contributed by atoms with E-state index >= 15 is 0 Å². The van der Waals surface area contributed by atoms with Crippen molar-refractivity contribution in [3.63, 3.8) is 0 Å². The number of nitrogen functional groups attached to an aromatic ring is 1. The van der Waals surface area contributed by atoms with Crippen molar-refractivity contribution in [1.29, 1.82) is 0 Å². The van der Waals surface area contributed by atoms with Gasteiger partial charge in [0.1, 0.15) is 11.4 Å². The molecule has 0 radical (unpaired) electrons. The summed E-state index contributed by atoms with van der Waals surface area (Å²) in [5.74, 6) is 0.0375. The van der Waals surface area contributed by atoms with Gasteiger partial charge in [-0.15, -0.1) is 10.2 Å². The van der Waals surface area contributed by atoms with Gasteiger partial charge in [0.25, 0.3) is 0 Å². The van der Waals surface area contributed by atoms with E-state index in [1.54, 1.807) is 0 Å². The summed E-state index contributed by atoms with van der Waals surface area (Å²) in [7, 11) is 1.29. The van der Waals surface area contributed by atoms with Gasteiger partial charge in [0, 0.05) is 5.56 Å². The number of hydrogen-bond donors (Lipinski definition) is 1. The lowest BCUT2D eigenvalue weighted by Crippen LogP contribution is -2.07. The van der Waals surface area contributed by atoms with E-state index in [4.69, 9.17) is 10.5 Å². The molecule has 0 atom stereocenters. The number of hydrogen-bond acceptors (Lipinski definition) is 5. The Kier molecular flexibility index (Phi) is 5.67. The van der Waals surface area contributed by atoms with E-state index in [0.717, 1.165) is 12.1 Å². The van der Waals surface area contributed by atoms with Gasteiger partial charge in [-0.1, -0.05) is 13.8 Å². The topological polar surface area (TPSA) is 73.9 Å². The highest BCUT2D eigenvalue weighted by Crippen LogP contribution is 2.38. The molecule has 0 aliphatic carbocycles. The molecule has 22 heavy (non-hydrogen) atoms. The van der Waals surface area contributed by atoms with Gasteiger partial charge in [-0.05, 0) is 24.6 Å². The second-order valence-electron chi connectivity index (χ2n) is 4.07. The van der Waals surface area contributed by atoms with Crippen LogP contribution in [0, 0.1) is 6.92 Å². The molecule has 5 nitrogen and oxygen atoms in total. The van der Waals surface area contributed by atoms with Crippen LogP contribution in [0.4, 0.5) is 19.1 Å². The smallest absolute Gasteiger partial charge is 0.416 e. The van der Waals surface area contributed by atoms with Gasteiger partial charge in [-0.25, -0.2) is 4.98 Å². The summed E-state index contributed by atoms with van der Waals surface area (Å²) in [6.45, 7) is 5.53. The summed E-state index contributed by atoms with van der Waals surface area (Å²) < 4.78 is 43.3. The van der Waals surface area contributed by atoms with Crippen LogP contribution < -0.4 is 10.5 Å².